The van der Waals surface area contributed by atoms with Crippen molar-refractivity contribution in [2.75, 3.05) is 19.8 Å². The molecular weight excluding hydrogens is 254 g/mol. The minimum Gasteiger partial charge on any atom is -0.377 e. The van der Waals surface area contributed by atoms with E-state index in [9.17, 15) is 0 Å². The van der Waals surface area contributed by atoms with Crippen LogP contribution in [0.2, 0.25) is 0 Å². The third kappa shape index (κ3) is 8.27. The zero-order chi connectivity index (χ0) is 15.2. The molecule has 20 heavy (non-hydrogen) atoms. The zero-order valence-electron chi connectivity index (χ0n) is 13.8. The van der Waals surface area contributed by atoms with E-state index < -0.39 is 0 Å². The van der Waals surface area contributed by atoms with E-state index in [1.54, 1.807) is 0 Å². The molecule has 0 saturated carbocycles. The van der Waals surface area contributed by atoms with Crippen LogP contribution >= 0.6 is 0 Å². The Balaban J connectivity index is 2.17. The summed E-state index contributed by atoms with van der Waals surface area (Å²) < 4.78 is 12.9. The molecule has 1 aromatic heterocycles. The summed E-state index contributed by atoms with van der Waals surface area (Å²) in [4.78, 5) is 0. The summed E-state index contributed by atoms with van der Waals surface area (Å²) in [5.74, 6) is 0. The van der Waals surface area contributed by atoms with E-state index in [-0.39, 0.29) is 11.0 Å². The predicted octanol–water partition coefficient (Wildman–Crippen LogP) is 2.70. The van der Waals surface area contributed by atoms with Gasteiger partial charge in [-0.15, -0.1) is 5.10 Å². The number of rotatable bonds is 7. The van der Waals surface area contributed by atoms with Crippen LogP contribution in [-0.4, -0.2) is 40.4 Å². The number of ether oxygens (including phenoxy) is 2. The molecule has 116 valence electrons. The molecule has 0 atom stereocenters. The molecule has 0 bridgehead atoms. The first-order valence-electron chi connectivity index (χ1n) is 7.26. The molecule has 0 aromatic carbocycles. The molecule has 0 fully saturated rings. The van der Waals surface area contributed by atoms with Crippen LogP contribution in [0.4, 0.5) is 0 Å². The fourth-order valence-corrected chi connectivity index (χ4v) is 1.74. The predicted molar refractivity (Wildman–Crippen MR) is 79.7 cm³/mol. The van der Waals surface area contributed by atoms with Crippen LogP contribution in [0.3, 0.4) is 0 Å². The van der Waals surface area contributed by atoms with Gasteiger partial charge < -0.3 is 9.47 Å². The lowest BCUT2D eigenvalue weighted by atomic mass is 9.91. The van der Waals surface area contributed by atoms with Gasteiger partial charge in [0.1, 0.15) is 0 Å². The SMILES string of the molecule is CC(C)(C)Cc1cn(CCOCCOC(C)(C)C)nn1. The highest BCUT2D eigenvalue weighted by atomic mass is 16.5. The van der Waals surface area contributed by atoms with Crippen molar-refractivity contribution in [3.8, 4) is 0 Å². The van der Waals surface area contributed by atoms with Gasteiger partial charge in [0.15, 0.2) is 0 Å². The Bertz CT molecular complexity index is 389. The number of hydrogen-bond donors (Lipinski definition) is 0. The molecule has 0 amide bonds. The first-order chi connectivity index (χ1) is 9.16. The van der Waals surface area contributed by atoms with E-state index in [4.69, 9.17) is 9.47 Å². The van der Waals surface area contributed by atoms with E-state index in [1.807, 2.05) is 31.6 Å². The molecule has 0 aliphatic heterocycles. The molecule has 0 aliphatic rings. The highest BCUT2D eigenvalue weighted by molar-refractivity contribution is 4.95. The van der Waals surface area contributed by atoms with Crippen LogP contribution in [0.15, 0.2) is 6.20 Å². The van der Waals surface area contributed by atoms with Gasteiger partial charge in [0, 0.05) is 6.20 Å². The maximum atomic E-state index is 5.58. The first-order valence-corrected chi connectivity index (χ1v) is 7.26. The Morgan fingerprint density at radius 3 is 2.35 bits per heavy atom. The standard InChI is InChI=1S/C15H29N3O2/c1-14(2,3)11-13-12-18(17-16-13)7-8-19-9-10-20-15(4,5)6/h12H,7-11H2,1-6H3. The van der Waals surface area contributed by atoms with Crippen LogP contribution in [0.25, 0.3) is 0 Å². The van der Waals surface area contributed by atoms with Gasteiger partial charge in [-0.1, -0.05) is 26.0 Å². The Labute approximate surface area is 122 Å². The van der Waals surface area contributed by atoms with Gasteiger partial charge in [0.05, 0.1) is 37.7 Å². The molecular formula is C15H29N3O2. The molecule has 0 saturated heterocycles. The average molecular weight is 283 g/mol. The fraction of sp³-hybridized carbons (Fsp3) is 0.867. The topological polar surface area (TPSA) is 49.2 Å². The van der Waals surface area contributed by atoms with E-state index in [2.05, 4.69) is 31.1 Å². The van der Waals surface area contributed by atoms with Crippen molar-refractivity contribution in [2.24, 2.45) is 5.41 Å². The molecule has 0 unspecified atom stereocenters. The lowest BCUT2D eigenvalue weighted by Crippen LogP contribution is -2.22. The van der Waals surface area contributed by atoms with Crippen molar-refractivity contribution < 1.29 is 9.47 Å². The Hall–Kier alpha value is -0.940. The quantitative estimate of drug-likeness (QED) is 0.722. The molecule has 1 rings (SSSR count). The number of aromatic nitrogens is 3. The largest absolute Gasteiger partial charge is 0.377 e. The van der Waals surface area contributed by atoms with E-state index in [1.165, 1.54) is 0 Å². The summed E-state index contributed by atoms with van der Waals surface area (Å²) in [7, 11) is 0. The Kier molecular flexibility index (Phi) is 6.14. The third-order valence-electron chi connectivity index (χ3n) is 2.53. The second-order valence-electron chi connectivity index (χ2n) is 7.28. The molecule has 5 heteroatoms. The second kappa shape index (κ2) is 7.18. The van der Waals surface area contributed by atoms with Crippen molar-refractivity contribution >= 4 is 0 Å². The normalized spacial score (nSPS) is 12.9. The lowest BCUT2D eigenvalue weighted by molar-refractivity contribution is -0.0359. The monoisotopic (exact) mass is 283 g/mol. The van der Waals surface area contributed by atoms with Gasteiger partial charge in [-0.3, -0.25) is 0 Å². The summed E-state index contributed by atoms with van der Waals surface area (Å²) in [5, 5.41) is 8.29. The van der Waals surface area contributed by atoms with Crippen LogP contribution in [0.1, 0.15) is 47.2 Å². The zero-order valence-corrected chi connectivity index (χ0v) is 13.8. The van der Waals surface area contributed by atoms with Crippen LogP contribution in [-0.2, 0) is 22.4 Å². The van der Waals surface area contributed by atoms with Crippen LogP contribution < -0.4 is 0 Å². The fourth-order valence-electron chi connectivity index (χ4n) is 1.74. The van der Waals surface area contributed by atoms with Crippen LogP contribution in [0, 0.1) is 5.41 Å². The summed E-state index contributed by atoms with van der Waals surface area (Å²) in [5.41, 5.74) is 1.17. The summed E-state index contributed by atoms with van der Waals surface area (Å²) in [6.07, 6.45) is 2.94. The molecule has 5 nitrogen and oxygen atoms in total. The van der Waals surface area contributed by atoms with E-state index in [0.29, 0.717) is 19.8 Å². The summed E-state index contributed by atoms with van der Waals surface area (Å²) in [6.45, 7) is 15.3. The lowest BCUT2D eigenvalue weighted by Gasteiger charge is -2.19. The highest BCUT2D eigenvalue weighted by Crippen LogP contribution is 2.18. The molecule has 0 aliphatic carbocycles. The Morgan fingerprint density at radius 2 is 1.75 bits per heavy atom. The van der Waals surface area contributed by atoms with Gasteiger partial charge in [0.2, 0.25) is 0 Å². The summed E-state index contributed by atoms with van der Waals surface area (Å²) in [6, 6.07) is 0. The van der Waals surface area contributed by atoms with Gasteiger partial charge in [0.25, 0.3) is 0 Å². The van der Waals surface area contributed by atoms with Crippen molar-refractivity contribution in [1.82, 2.24) is 15.0 Å². The van der Waals surface area contributed by atoms with Crippen molar-refractivity contribution in [2.45, 2.75) is 60.1 Å². The molecule has 1 aromatic rings. The molecule has 0 N–H and O–H groups in total. The van der Waals surface area contributed by atoms with Gasteiger partial charge in [-0.05, 0) is 32.6 Å². The van der Waals surface area contributed by atoms with Crippen molar-refractivity contribution in [1.29, 1.82) is 0 Å². The van der Waals surface area contributed by atoms with Gasteiger partial charge in [-0.25, -0.2) is 4.68 Å². The molecule has 0 radical (unpaired) electrons. The van der Waals surface area contributed by atoms with Gasteiger partial charge in [-0.2, -0.15) is 0 Å². The third-order valence-corrected chi connectivity index (χ3v) is 2.53. The second-order valence-corrected chi connectivity index (χ2v) is 7.28. The van der Waals surface area contributed by atoms with Crippen molar-refractivity contribution in [3.63, 3.8) is 0 Å². The smallest absolute Gasteiger partial charge is 0.0832 e. The van der Waals surface area contributed by atoms with Gasteiger partial charge >= 0.3 is 0 Å². The molecule has 0 spiro atoms. The minimum absolute atomic E-state index is 0.100. The van der Waals surface area contributed by atoms with E-state index in [0.717, 1.165) is 18.7 Å². The maximum Gasteiger partial charge on any atom is 0.0832 e. The van der Waals surface area contributed by atoms with Crippen molar-refractivity contribution in [3.05, 3.63) is 11.9 Å². The minimum atomic E-state index is -0.100. The van der Waals surface area contributed by atoms with E-state index >= 15 is 0 Å². The highest BCUT2D eigenvalue weighted by Gasteiger charge is 2.13. The van der Waals surface area contributed by atoms with Crippen LogP contribution in [0.5, 0.6) is 0 Å². The number of nitrogens with zero attached hydrogens (tertiary/aromatic N) is 3. The Morgan fingerprint density at radius 1 is 1.05 bits per heavy atom. The molecule has 1 heterocycles. The maximum absolute atomic E-state index is 5.58. The average Bonchev–Trinajstić information content (AvgIpc) is 2.66. The summed E-state index contributed by atoms with van der Waals surface area (Å²) >= 11 is 0. The first kappa shape index (κ1) is 17.1. The number of hydrogen-bond acceptors (Lipinski definition) is 4.